The van der Waals surface area contributed by atoms with Crippen LogP contribution in [0.15, 0.2) is 41.0 Å². The summed E-state index contributed by atoms with van der Waals surface area (Å²) in [5, 5.41) is 0. The number of aryl methyl sites for hydroxylation is 2. The average molecular weight is 373 g/mol. The molecule has 120 valence electrons. The molecule has 2 aromatic heterocycles. The van der Waals surface area contributed by atoms with Crippen LogP contribution >= 0.6 is 15.9 Å². The van der Waals surface area contributed by atoms with Crippen LogP contribution in [0.3, 0.4) is 0 Å². The lowest BCUT2D eigenvalue weighted by Crippen LogP contribution is -2.22. The molecule has 1 unspecified atom stereocenters. The van der Waals surface area contributed by atoms with Gasteiger partial charge in [-0.1, -0.05) is 28.1 Å². The number of hydrogen-bond donors (Lipinski definition) is 0. The highest BCUT2D eigenvalue weighted by Crippen LogP contribution is 2.22. The van der Waals surface area contributed by atoms with Gasteiger partial charge < -0.3 is 0 Å². The normalized spacial score (nSPS) is 13.0. The quantitative estimate of drug-likeness (QED) is 0.684. The third-order valence-corrected chi connectivity index (χ3v) is 4.76. The Labute approximate surface area is 145 Å². The van der Waals surface area contributed by atoms with Gasteiger partial charge in [0.05, 0.1) is 5.69 Å². The van der Waals surface area contributed by atoms with Crippen molar-refractivity contribution in [1.29, 1.82) is 0 Å². The van der Waals surface area contributed by atoms with Crippen molar-refractivity contribution in [1.82, 2.24) is 19.3 Å². The summed E-state index contributed by atoms with van der Waals surface area (Å²) >= 11 is 3.48. The van der Waals surface area contributed by atoms with E-state index in [4.69, 9.17) is 0 Å². The highest BCUT2D eigenvalue weighted by molar-refractivity contribution is 9.10. The second-order valence-corrected chi connectivity index (χ2v) is 7.00. The zero-order valence-electron chi connectivity index (χ0n) is 13.9. The zero-order chi connectivity index (χ0) is 16.6. The van der Waals surface area contributed by atoms with Gasteiger partial charge in [0.2, 0.25) is 5.78 Å². The molecular formula is C18H21BrN4. The second kappa shape index (κ2) is 6.42. The molecule has 3 aromatic rings. The van der Waals surface area contributed by atoms with Crippen LogP contribution < -0.4 is 0 Å². The minimum atomic E-state index is 0.323. The highest BCUT2D eigenvalue weighted by Gasteiger charge is 2.14. The number of imidazole rings is 1. The molecule has 0 aliphatic heterocycles. The van der Waals surface area contributed by atoms with Crippen molar-refractivity contribution in [3.63, 3.8) is 0 Å². The topological polar surface area (TPSA) is 33.4 Å². The summed E-state index contributed by atoms with van der Waals surface area (Å²) in [7, 11) is 2.13. The van der Waals surface area contributed by atoms with Gasteiger partial charge in [-0.2, -0.15) is 0 Å². The first-order valence-corrected chi connectivity index (χ1v) is 8.51. The Bertz CT molecular complexity index is 823. The Hall–Kier alpha value is -1.72. The van der Waals surface area contributed by atoms with E-state index in [0.717, 1.165) is 33.9 Å². The fourth-order valence-corrected chi connectivity index (χ4v) is 3.05. The van der Waals surface area contributed by atoms with Gasteiger partial charge >= 0.3 is 0 Å². The first-order chi connectivity index (χ1) is 10.9. The predicted molar refractivity (Wildman–Crippen MR) is 96.5 cm³/mol. The maximum atomic E-state index is 4.67. The van der Waals surface area contributed by atoms with Gasteiger partial charge in [0.1, 0.15) is 0 Å². The van der Waals surface area contributed by atoms with Crippen molar-refractivity contribution >= 4 is 21.7 Å². The lowest BCUT2D eigenvalue weighted by Gasteiger charge is -2.24. The Morgan fingerprint density at radius 2 is 1.87 bits per heavy atom. The van der Waals surface area contributed by atoms with E-state index >= 15 is 0 Å². The molecular weight excluding hydrogens is 352 g/mol. The van der Waals surface area contributed by atoms with E-state index in [1.165, 1.54) is 5.56 Å². The average Bonchev–Trinajstić information content (AvgIpc) is 2.90. The molecule has 0 aliphatic rings. The fraction of sp³-hybridized carbons (Fsp3) is 0.333. The number of halogens is 1. The van der Waals surface area contributed by atoms with Crippen LogP contribution in [0.25, 0.3) is 5.78 Å². The molecule has 0 radical (unpaired) electrons. The molecule has 0 fully saturated rings. The summed E-state index contributed by atoms with van der Waals surface area (Å²) in [5.41, 5.74) is 4.50. The highest BCUT2D eigenvalue weighted by atomic mass is 79.9. The summed E-state index contributed by atoms with van der Waals surface area (Å²) in [6.07, 6.45) is 2.09. The lowest BCUT2D eigenvalue weighted by molar-refractivity contribution is 0.250. The lowest BCUT2D eigenvalue weighted by atomic mass is 10.1. The molecule has 4 nitrogen and oxygen atoms in total. The first kappa shape index (κ1) is 16.1. The van der Waals surface area contributed by atoms with Crippen LogP contribution in [-0.4, -0.2) is 26.3 Å². The molecule has 0 spiro atoms. The molecule has 1 atom stereocenters. The summed E-state index contributed by atoms with van der Waals surface area (Å²) < 4.78 is 3.16. The van der Waals surface area contributed by atoms with Crippen molar-refractivity contribution in [2.75, 3.05) is 7.05 Å². The van der Waals surface area contributed by atoms with E-state index in [-0.39, 0.29) is 0 Å². The monoisotopic (exact) mass is 372 g/mol. The molecule has 0 saturated carbocycles. The fourth-order valence-electron chi connectivity index (χ4n) is 2.78. The number of aromatic nitrogens is 3. The molecule has 23 heavy (non-hydrogen) atoms. The molecule has 1 aromatic carbocycles. The largest absolute Gasteiger partial charge is 0.294 e. The summed E-state index contributed by atoms with van der Waals surface area (Å²) in [6.45, 7) is 7.09. The summed E-state index contributed by atoms with van der Waals surface area (Å²) in [4.78, 5) is 11.5. The van der Waals surface area contributed by atoms with Crippen LogP contribution in [-0.2, 0) is 6.54 Å². The van der Waals surface area contributed by atoms with E-state index in [9.17, 15) is 0 Å². The van der Waals surface area contributed by atoms with E-state index in [1.807, 2.05) is 6.92 Å². The molecule has 2 heterocycles. The van der Waals surface area contributed by atoms with Gasteiger partial charge in [0.15, 0.2) is 0 Å². The minimum absolute atomic E-state index is 0.323. The predicted octanol–water partition coefficient (Wildman–Crippen LogP) is 4.30. The van der Waals surface area contributed by atoms with E-state index < -0.39 is 0 Å². The Balaban J connectivity index is 1.80. The van der Waals surface area contributed by atoms with Crippen LogP contribution in [0, 0.1) is 13.8 Å². The Morgan fingerprint density at radius 3 is 2.57 bits per heavy atom. The number of nitrogens with zero attached hydrogens (tertiary/aromatic N) is 4. The second-order valence-electron chi connectivity index (χ2n) is 6.08. The molecule has 0 N–H and O–H groups in total. The van der Waals surface area contributed by atoms with E-state index in [1.54, 1.807) is 0 Å². The molecule has 5 heteroatoms. The SMILES string of the molecule is Cc1cc(C)n2cc(CN(C)C(C)c3ccc(Br)cc3)nc2n1. The number of benzene rings is 1. The van der Waals surface area contributed by atoms with Gasteiger partial charge in [-0.15, -0.1) is 0 Å². The smallest absolute Gasteiger partial charge is 0.234 e. The van der Waals surface area contributed by atoms with Crippen molar-refractivity contribution in [2.24, 2.45) is 0 Å². The maximum absolute atomic E-state index is 4.67. The van der Waals surface area contributed by atoms with Crippen LogP contribution in [0.4, 0.5) is 0 Å². The van der Waals surface area contributed by atoms with Gasteiger partial charge in [0, 0.05) is 34.6 Å². The summed E-state index contributed by atoms with van der Waals surface area (Å²) in [6, 6.07) is 10.9. The van der Waals surface area contributed by atoms with E-state index in [2.05, 4.69) is 92.6 Å². The molecule has 0 amide bonds. The van der Waals surface area contributed by atoms with E-state index in [0.29, 0.717) is 6.04 Å². The van der Waals surface area contributed by atoms with Crippen molar-refractivity contribution < 1.29 is 0 Å². The Morgan fingerprint density at radius 1 is 1.17 bits per heavy atom. The minimum Gasteiger partial charge on any atom is -0.294 e. The number of fused-ring (bicyclic) bond motifs is 1. The third-order valence-electron chi connectivity index (χ3n) is 4.24. The number of hydrogen-bond acceptors (Lipinski definition) is 3. The Kier molecular flexibility index (Phi) is 4.50. The standard InChI is InChI=1S/C18H21BrN4/c1-12-9-13(2)23-11-17(21-18(23)20-12)10-22(4)14(3)15-5-7-16(19)8-6-15/h5-9,11,14H,10H2,1-4H3. The van der Waals surface area contributed by atoms with Crippen molar-refractivity contribution in [3.05, 3.63) is 63.6 Å². The van der Waals surface area contributed by atoms with Crippen molar-refractivity contribution in [3.8, 4) is 0 Å². The van der Waals surface area contributed by atoms with Crippen LogP contribution in [0.1, 0.15) is 35.6 Å². The van der Waals surface area contributed by atoms with Gasteiger partial charge in [-0.05, 0) is 51.6 Å². The van der Waals surface area contributed by atoms with Gasteiger partial charge in [0.25, 0.3) is 0 Å². The molecule has 3 rings (SSSR count). The maximum Gasteiger partial charge on any atom is 0.234 e. The molecule has 0 saturated heterocycles. The van der Waals surface area contributed by atoms with Crippen molar-refractivity contribution in [2.45, 2.75) is 33.4 Å². The van der Waals surface area contributed by atoms with Crippen LogP contribution in [0.5, 0.6) is 0 Å². The van der Waals surface area contributed by atoms with Gasteiger partial charge in [-0.3, -0.25) is 9.30 Å². The zero-order valence-corrected chi connectivity index (χ0v) is 15.5. The first-order valence-electron chi connectivity index (χ1n) is 7.72. The summed E-state index contributed by atoms with van der Waals surface area (Å²) in [5.74, 6) is 0.780. The number of rotatable bonds is 4. The molecule has 0 bridgehead atoms. The molecule has 0 aliphatic carbocycles. The third kappa shape index (κ3) is 3.46. The van der Waals surface area contributed by atoms with Crippen LogP contribution in [0.2, 0.25) is 0 Å². The van der Waals surface area contributed by atoms with Gasteiger partial charge in [-0.25, -0.2) is 9.97 Å².